The van der Waals surface area contributed by atoms with Crippen LogP contribution in [-0.2, 0) is 4.74 Å². The molecule has 5 nitrogen and oxygen atoms in total. The first-order valence-corrected chi connectivity index (χ1v) is 5.43. The Morgan fingerprint density at radius 3 is 3.12 bits per heavy atom. The Balaban J connectivity index is 2.06. The minimum Gasteiger partial charge on any atom is -0.373 e. The number of hydrogen-bond donors (Lipinski definition) is 1. The molecule has 1 amide bonds. The molecule has 0 aliphatic carbocycles. The van der Waals surface area contributed by atoms with Gasteiger partial charge >= 0.3 is 0 Å². The van der Waals surface area contributed by atoms with Crippen LogP contribution in [-0.4, -0.2) is 48.1 Å². The van der Waals surface area contributed by atoms with Crippen molar-refractivity contribution in [2.45, 2.75) is 6.10 Å². The van der Waals surface area contributed by atoms with Crippen LogP contribution in [0.25, 0.3) is 0 Å². The number of nitrogens with two attached hydrogens (primary N) is 1. The summed E-state index contributed by atoms with van der Waals surface area (Å²) in [6, 6.07) is 2.60. The van der Waals surface area contributed by atoms with Crippen LogP contribution >= 0.6 is 0 Å². The minimum atomic E-state index is -0.455. The summed E-state index contributed by atoms with van der Waals surface area (Å²) in [6.45, 7) is 1.80. The molecule has 1 aromatic heterocycles. The van der Waals surface area contributed by atoms with Crippen molar-refractivity contribution in [1.29, 1.82) is 0 Å². The van der Waals surface area contributed by atoms with Crippen molar-refractivity contribution >= 4 is 5.91 Å². The first-order chi connectivity index (χ1) is 8.20. The predicted molar refractivity (Wildman–Crippen MR) is 58.9 cm³/mol. The van der Waals surface area contributed by atoms with Gasteiger partial charge in [0.2, 0.25) is 0 Å². The molecule has 6 heteroatoms. The molecule has 2 rings (SSSR count). The van der Waals surface area contributed by atoms with Gasteiger partial charge in [-0.1, -0.05) is 0 Å². The summed E-state index contributed by atoms with van der Waals surface area (Å²) < 4.78 is 18.0. The average Bonchev–Trinajstić information content (AvgIpc) is 2.39. The van der Waals surface area contributed by atoms with E-state index in [1.54, 1.807) is 4.90 Å². The SMILES string of the molecule is NCC1CN(C(=O)c2ccc(F)cn2)CCO1. The van der Waals surface area contributed by atoms with Crippen LogP contribution in [0.5, 0.6) is 0 Å². The lowest BCUT2D eigenvalue weighted by molar-refractivity contribution is -0.0169. The zero-order valence-electron chi connectivity index (χ0n) is 9.30. The van der Waals surface area contributed by atoms with Gasteiger partial charge in [0.15, 0.2) is 0 Å². The highest BCUT2D eigenvalue weighted by Gasteiger charge is 2.24. The second kappa shape index (κ2) is 5.20. The first kappa shape index (κ1) is 11.9. The second-order valence-electron chi connectivity index (χ2n) is 3.84. The molecule has 1 atom stereocenters. The van der Waals surface area contributed by atoms with Crippen LogP contribution in [0.4, 0.5) is 4.39 Å². The summed E-state index contributed by atoms with van der Waals surface area (Å²) in [4.78, 5) is 17.4. The Morgan fingerprint density at radius 1 is 1.65 bits per heavy atom. The molecule has 0 saturated carbocycles. The van der Waals surface area contributed by atoms with E-state index in [1.165, 1.54) is 12.1 Å². The van der Waals surface area contributed by atoms with Gasteiger partial charge in [0.1, 0.15) is 11.5 Å². The molecule has 1 aliphatic rings. The Kier molecular flexibility index (Phi) is 3.65. The van der Waals surface area contributed by atoms with Gasteiger partial charge < -0.3 is 15.4 Å². The highest BCUT2D eigenvalue weighted by atomic mass is 19.1. The highest BCUT2D eigenvalue weighted by Crippen LogP contribution is 2.09. The molecular weight excluding hydrogens is 225 g/mol. The smallest absolute Gasteiger partial charge is 0.272 e. The molecule has 17 heavy (non-hydrogen) atoms. The summed E-state index contributed by atoms with van der Waals surface area (Å²) in [6.07, 6.45) is 0.904. The largest absolute Gasteiger partial charge is 0.373 e. The average molecular weight is 239 g/mol. The molecule has 2 heterocycles. The van der Waals surface area contributed by atoms with E-state index in [4.69, 9.17) is 10.5 Å². The van der Waals surface area contributed by atoms with Crippen molar-refractivity contribution < 1.29 is 13.9 Å². The van der Waals surface area contributed by atoms with Crippen molar-refractivity contribution in [1.82, 2.24) is 9.88 Å². The lowest BCUT2D eigenvalue weighted by Gasteiger charge is -2.32. The first-order valence-electron chi connectivity index (χ1n) is 5.43. The van der Waals surface area contributed by atoms with Crippen LogP contribution in [0.3, 0.4) is 0 Å². The number of amides is 1. The van der Waals surface area contributed by atoms with Crippen molar-refractivity contribution in [2.75, 3.05) is 26.2 Å². The quantitative estimate of drug-likeness (QED) is 0.790. The van der Waals surface area contributed by atoms with Gasteiger partial charge in [0.25, 0.3) is 5.91 Å². The molecule has 1 fully saturated rings. The van der Waals surface area contributed by atoms with E-state index in [0.717, 1.165) is 6.20 Å². The molecular formula is C11H14FN3O2. The normalized spacial score (nSPS) is 20.4. The number of aromatic nitrogens is 1. The second-order valence-corrected chi connectivity index (χ2v) is 3.84. The number of morpholine rings is 1. The van der Waals surface area contributed by atoms with Crippen LogP contribution in [0.1, 0.15) is 10.5 Å². The van der Waals surface area contributed by atoms with Gasteiger partial charge in [-0.05, 0) is 12.1 Å². The Morgan fingerprint density at radius 2 is 2.47 bits per heavy atom. The minimum absolute atomic E-state index is 0.131. The number of nitrogens with zero attached hydrogens (tertiary/aromatic N) is 2. The van der Waals surface area contributed by atoms with Crippen molar-refractivity contribution in [3.05, 3.63) is 29.8 Å². The fraction of sp³-hybridized carbons (Fsp3) is 0.455. The maximum absolute atomic E-state index is 12.7. The Labute approximate surface area is 98.4 Å². The van der Waals surface area contributed by atoms with Gasteiger partial charge in [0, 0.05) is 19.6 Å². The fourth-order valence-corrected chi connectivity index (χ4v) is 1.71. The summed E-state index contributed by atoms with van der Waals surface area (Å²) in [5, 5.41) is 0. The maximum atomic E-state index is 12.7. The third kappa shape index (κ3) is 2.78. The molecule has 1 unspecified atom stereocenters. The van der Waals surface area contributed by atoms with E-state index < -0.39 is 5.82 Å². The standard InChI is InChI=1S/C11H14FN3O2/c12-8-1-2-10(14-6-8)11(16)15-3-4-17-9(5-13)7-15/h1-2,6,9H,3-5,7,13H2. The van der Waals surface area contributed by atoms with E-state index in [0.29, 0.717) is 26.2 Å². The molecule has 0 radical (unpaired) electrons. The Hall–Kier alpha value is -1.53. The van der Waals surface area contributed by atoms with Gasteiger partial charge in [-0.15, -0.1) is 0 Å². The lowest BCUT2D eigenvalue weighted by atomic mass is 10.2. The fourth-order valence-electron chi connectivity index (χ4n) is 1.71. The predicted octanol–water partition coefficient (Wildman–Crippen LogP) is 0.0204. The molecule has 0 aromatic carbocycles. The van der Waals surface area contributed by atoms with Gasteiger partial charge in [0.05, 0.1) is 18.9 Å². The number of rotatable bonds is 2. The lowest BCUT2D eigenvalue weighted by Crippen LogP contribution is -2.48. The van der Waals surface area contributed by atoms with E-state index in [-0.39, 0.29) is 17.7 Å². The van der Waals surface area contributed by atoms with E-state index in [2.05, 4.69) is 4.98 Å². The number of hydrogen-bond acceptors (Lipinski definition) is 4. The summed E-state index contributed by atoms with van der Waals surface area (Å²) in [7, 11) is 0. The van der Waals surface area contributed by atoms with Gasteiger partial charge in [-0.3, -0.25) is 4.79 Å². The van der Waals surface area contributed by atoms with Crippen LogP contribution in [0.2, 0.25) is 0 Å². The molecule has 0 spiro atoms. The molecule has 0 bridgehead atoms. The van der Waals surface area contributed by atoms with Crippen LogP contribution < -0.4 is 5.73 Å². The zero-order valence-corrected chi connectivity index (χ0v) is 9.30. The topological polar surface area (TPSA) is 68.5 Å². The maximum Gasteiger partial charge on any atom is 0.272 e. The molecule has 1 aromatic rings. The summed E-state index contributed by atoms with van der Waals surface area (Å²) in [5.74, 6) is -0.671. The zero-order chi connectivity index (χ0) is 12.3. The third-order valence-electron chi connectivity index (χ3n) is 2.64. The Bertz CT molecular complexity index is 396. The van der Waals surface area contributed by atoms with E-state index in [9.17, 15) is 9.18 Å². The molecule has 92 valence electrons. The molecule has 2 N–H and O–H groups in total. The molecule has 1 aliphatic heterocycles. The number of ether oxygens (including phenoxy) is 1. The number of carbonyl (C=O) groups is 1. The van der Waals surface area contributed by atoms with Gasteiger partial charge in [-0.25, -0.2) is 9.37 Å². The molecule has 1 saturated heterocycles. The summed E-state index contributed by atoms with van der Waals surface area (Å²) >= 11 is 0. The van der Waals surface area contributed by atoms with Gasteiger partial charge in [-0.2, -0.15) is 0 Å². The number of pyridine rings is 1. The van der Waals surface area contributed by atoms with Crippen LogP contribution in [0, 0.1) is 5.82 Å². The van der Waals surface area contributed by atoms with Crippen LogP contribution in [0.15, 0.2) is 18.3 Å². The third-order valence-corrected chi connectivity index (χ3v) is 2.64. The number of carbonyl (C=O) groups excluding carboxylic acids is 1. The van der Waals surface area contributed by atoms with Crippen molar-refractivity contribution in [2.24, 2.45) is 5.73 Å². The summed E-state index contributed by atoms with van der Waals surface area (Å²) in [5.41, 5.74) is 5.74. The van der Waals surface area contributed by atoms with Crippen molar-refractivity contribution in [3.63, 3.8) is 0 Å². The van der Waals surface area contributed by atoms with E-state index >= 15 is 0 Å². The highest BCUT2D eigenvalue weighted by molar-refractivity contribution is 5.92. The van der Waals surface area contributed by atoms with E-state index in [1.807, 2.05) is 0 Å². The van der Waals surface area contributed by atoms with Crippen molar-refractivity contribution in [3.8, 4) is 0 Å². The monoisotopic (exact) mass is 239 g/mol. The number of halogens is 1.